The van der Waals surface area contributed by atoms with Crippen LogP contribution in [0.25, 0.3) is 0 Å². The first kappa shape index (κ1) is 12.4. The molecule has 86 valence electrons. The smallest absolute Gasteiger partial charge is 0.175 e. The summed E-state index contributed by atoms with van der Waals surface area (Å²) in [6.45, 7) is 0.738. The molecule has 1 aromatic heterocycles. The molecule has 0 bridgehead atoms. The maximum Gasteiger partial charge on any atom is 0.175 e. The van der Waals surface area contributed by atoms with Crippen LogP contribution in [0.5, 0.6) is 0 Å². The number of tetrazole rings is 1. The van der Waals surface area contributed by atoms with Crippen LogP contribution in [0.1, 0.15) is 37.9 Å². The summed E-state index contributed by atoms with van der Waals surface area (Å²) in [6.07, 6.45) is 7.20. The Labute approximate surface area is 95.6 Å². The maximum absolute atomic E-state index is 5.87. The maximum atomic E-state index is 5.87. The fraction of sp³-hybridized carbons (Fsp3) is 0.889. The molecule has 1 fully saturated rings. The predicted octanol–water partition coefficient (Wildman–Crippen LogP) is 1.07. The number of H-pyrrole nitrogens is 1. The molecule has 15 heavy (non-hydrogen) atoms. The Balaban J connectivity index is 0.00000112. The van der Waals surface area contributed by atoms with Gasteiger partial charge in [-0.25, -0.2) is 0 Å². The third kappa shape index (κ3) is 2.89. The first-order chi connectivity index (χ1) is 6.85. The van der Waals surface area contributed by atoms with Gasteiger partial charge in [0.25, 0.3) is 0 Å². The first-order valence-electron chi connectivity index (χ1n) is 5.27. The van der Waals surface area contributed by atoms with E-state index in [1.54, 1.807) is 0 Å². The van der Waals surface area contributed by atoms with Crippen molar-refractivity contribution >= 4 is 12.4 Å². The molecule has 6 heteroatoms. The second-order valence-electron chi connectivity index (χ2n) is 4.27. The van der Waals surface area contributed by atoms with Crippen molar-refractivity contribution in [2.45, 2.75) is 38.5 Å². The molecule has 1 aromatic rings. The molecule has 0 aromatic carbocycles. The highest BCUT2D eigenvalue weighted by molar-refractivity contribution is 5.85. The van der Waals surface area contributed by atoms with Gasteiger partial charge in [0.1, 0.15) is 0 Å². The van der Waals surface area contributed by atoms with Gasteiger partial charge in [-0.2, -0.15) is 5.21 Å². The molecule has 0 unspecified atom stereocenters. The lowest BCUT2D eigenvalue weighted by molar-refractivity contribution is 0.193. The zero-order chi connectivity index (χ0) is 9.86. The first-order valence-corrected chi connectivity index (χ1v) is 5.27. The molecule has 0 saturated heterocycles. The van der Waals surface area contributed by atoms with Crippen molar-refractivity contribution in [3.05, 3.63) is 5.82 Å². The Morgan fingerprint density at radius 2 is 2.00 bits per heavy atom. The molecule has 0 spiro atoms. The summed E-state index contributed by atoms with van der Waals surface area (Å²) in [5, 5.41) is 14.1. The molecule has 0 aliphatic heterocycles. The van der Waals surface area contributed by atoms with E-state index >= 15 is 0 Å². The Kier molecular flexibility index (Phi) is 4.47. The van der Waals surface area contributed by atoms with Gasteiger partial charge in [-0.05, 0) is 24.8 Å². The Morgan fingerprint density at radius 3 is 2.53 bits per heavy atom. The molecule has 1 aliphatic rings. The third-order valence-electron chi connectivity index (χ3n) is 3.27. The average molecular weight is 232 g/mol. The normalized spacial score (nSPS) is 19.5. The number of rotatable bonds is 3. The highest BCUT2D eigenvalue weighted by Gasteiger charge is 2.32. The molecule has 0 amide bonds. The van der Waals surface area contributed by atoms with E-state index in [1.165, 1.54) is 32.1 Å². The lowest BCUT2D eigenvalue weighted by Crippen LogP contribution is -2.35. The highest BCUT2D eigenvalue weighted by atomic mass is 35.5. The van der Waals surface area contributed by atoms with E-state index in [2.05, 4.69) is 20.6 Å². The molecule has 3 N–H and O–H groups in total. The minimum Gasteiger partial charge on any atom is -0.330 e. The van der Waals surface area contributed by atoms with Crippen molar-refractivity contribution in [2.24, 2.45) is 11.1 Å². The molecular weight excluding hydrogens is 214 g/mol. The molecule has 2 rings (SSSR count). The van der Waals surface area contributed by atoms with Crippen LogP contribution in [0.4, 0.5) is 0 Å². The van der Waals surface area contributed by atoms with Crippen molar-refractivity contribution < 1.29 is 0 Å². The van der Waals surface area contributed by atoms with Crippen molar-refractivity contribution in [3.8, 4) is 0 Å². The van der Waals surface area contributed by atoms with Gasteiger partial charge in [0.2, 0.25) is 0 Å². The second-order valence-corrected chi connectivity index (χ2v) is 4.27. The highest BCUT2D eigenvalue weighted by Crippen LogP contribution is 2.37. The Bertz CT molecular complexity index is 268. The molecule has 1 heterocycles. The SMILES string of the molecule is Cl.NCC1(Cc2nn[nH]n2)CCCCC1. The van der Waals surface area contributed by atoms with Gasteiger partial charge in [-0.15, -0.1) is 22.6 Å². The summed E-state index contributed by atoms with van der Waals surface area (Å²) in [6, 6.07) is 0. The minimum absolute atomic E-state index is 0. The number of nitrogens with zero attached hydrogens (tertiary/aromatic N) is 3. The quantitative estimate of drug-likeness (QED) is 0.816. The van der Waals surface area contributed by atoms with E-state index in [0.29, 0.717) is 0 Å². The number of nitrogens with two attached hydrogens (primary N) is 1. The summed E-state index contributed by atoms with van der Waals surface area (Å²) in [4.78, 5) is 0. The van der Waals surface area contributed by atoms with Gasteiger partial charge in [0.15, 0.2) is 5.82 Å². The summed E-state index contributed by atoms with van der Waals surface area (Å²) in [5.74, 6) is 0.803. The number of aromatic nitrogens is 4. The zero-order valence-corrected chi connectivity index (χ0v) is 9.59. The van der Waals surface area contributed by atoms with Crippen LogP contribution >= 0.6 is 12.4 Å². The van der Waals surface area contributed by atoms with Crippen LogP contribution in [0.15, 0.2) is 0 Å². The van der Waals surface area contributed by atoms with E-state index in [4.69, 9.17) is 5.73 Å². The van der Waals surface area contributed by atoms with Crippen LogP contribution in [-0.4, -0.2) is 27.2 Å². The van der Waals surface area contributed by atoms with Gasteiger partial charge in [-0.1, -0.05) is 24.5 Å². The van der Waals surface area contributed by atoms with Crippen LogP contribution in [0.3, 0.4) is 0 Å². The van der Waals surface area contributed by atoms with Gasteiger partial charge < -0.3 is 5.73 Å². The summed E-state index contributed by atoms with van der Waals surface area (Å²) >= 11 is 0. The number of hydrogen-bond acceptors (Lipinski definition) is 4. The number of hydrogen-bond donors (Lipinski definition) is 2. The lowest BCUT2D eigenvalue weighted by Gasteiger charge is -2.35. The lowest BCUT2D eigenvalue weighted by atomic mass is 9.72. The standard InChI is InChI=1S/C9H17N5.ClH/c10-7-9(4-2-1-3-5-9)6-8-11-13-14-12-8;/h1-7,10H2,(H,11,12,13,14);1H. The largest absolute Gasteiger partial charge is 0.330 e. The summed E-state index contributed by atoms with van der Waals surface area (Å²) in [5.41, 5.74) is 6.11. The second kappa shape index (κ2) is 5.42. The number of halogens is 1. The summed E-state index contributed by atoms with van der Waals surface area (Å²) < 4.78 is 0. The summed E-state index contributed by atoms with van der Waals surface area (Å²) in [7, 11) is 0. The number of aromatic amines is 1. The predicted molar refractivity (Wildman–Crippen MR) is 59.7 cm³/mol. The average Bonchev–Trinajstić information content (AvgIpc) is 2.72. The fourth-order valence-corrected chi connectivity index (χ4v) is 2.35. The van der Waals surface area contributed by atoms with Crippen molar-refractivity contribution in [1.82, 2.24) is 20.6 Å². The Morgan fingerprint density at radius 1 is 1.27 bits per heavy atom. The third-order valence-corrected chi connectivity index (χ3v) is 3.27. The van der Waals surface area contributed by atoms with Crippen LogP contribution in [0.2, 0.25) is 0 Å². The monoisotopic (exact) mass is 231 g/mol. The van der Waals surface area contributed by atoms with E-state index in [9.17, 15) is 0 Å². The van der Waals surface area contributed by atoms with E-state index in [1.807, 2.05) is 0 Å². The van der Waals surface area contributed by atoms with E-state index in [0.717, 1.165) is 18.8 Å². The van der Waals surface area contributed by atoms with Crippen LogP contribution in [-0.2, 0) is 6.42 Å². The van der Waals surface area contributed by atoms with E-state index < -0.39 is 0 Å². The topological polar surface area (TPSA) is 80.5 Å². The van der Waals surface area contributed by atoms with Crippen molar-refractivity contribution in [3.63, 3.8) is 0 Å². The van der Waals surface area contributed by atoms with Crippen LogP contribution in [0, 0.1) is 5.41 Å². The molecule has 5 nitrogen and oxygen atoms in total. The minimum atomic E-state index is 0. The van der Waals surface area contributed by atoms with Gasteiger partial charge in [-0.3, -0.25) is 0 Å². The Hall–Kier alpha value is -0.680. The van der Waals surface area contributed by atoms with Crippen LogP contribution < -0.4 is 5.73 Å². The van der Waals surface area contributed by atoms with Crippen molar-refractivity contribution in [1.29, 1.82) is 0 Å². The molecule has 0 radical (unpaired) electrons. The van der Waals surface area contributed by atoms with Gasteiger partial charge >= 0.3 is 0 Å². The van der Waals surface area contributed by atoms with Gasteiger partial charge in [0, 0.05) is 6.42 Å². The molecule has 1 aliphatic carbocycles. The van der Waals surface area contributed by atoms with E-state index in [-0.39, 0.29) is 17.8 Å². The van der Waals surface area contributed by atoms with Crippen molar-refractivity contribution in [2.75, 3.05) is 6.54 Å². The molecule has 1 saturated carbocycles. The van der Waals surface area contributed by atoms with Gasteiger partial charge in [0.05, 0.1) is 0 Å². The zero-order valence-electron chi connectivity index (χ0n) is 8.78. The molecular formula is C9H18ClN5. The fourth-order valence-electron chi connectivity index (χ4n) is 2.35. The molecule has 0 atom stereocenters. The number of nitrogens with one attached hydrogen (secondary N) is 1.